The zero-order valence-electron chi connectivity index (χ0n) is 10.8. The Bertz CT molecular complexity index is 423. The fourth-order valence-corrected chi connectivity index (χ4v) is 2.21. The highest BCUT2D eigenvalue weighted by molar-refractivity contribution is 7.99. The molecule has 1 atom stereocenters. The third kappa shape index (κ3) is 7.22. The van der Waals surface area contributed by atoms with E-state index in [9.17, 15) is 0 Å². The molecule has 1 unspecified atom stereocenters. The van der Waals surface area contributed by atoms with E-state index in [1.807, 2.05) is 48.5 Å². The summed E-state index contributed by atoms with van der Waals surface area (Å²) in [6.07, 6.45) is 2.52. The Hall–Kier alpha value is -0.200. The normalized spacial score (nSPS) is 9.68. The lowest BCUT2D eigenvalue weighted by molar-refractivity contribution is 1.11. The van der Waals surface area contributed by atoms with Gasteiger partial charge in [-0.25, -0.2) is 0 Å². The van der Waals surface area contributed by atoms with Crippen LogP contribution < -0.4 is 0 Å². The van der Waals surface area contributed by atoms with Crippen LogP contribution in [0.15, 0.2) is 58.3 Å². The summed E-state index contributed by atoms with van der Waals surface area (Å²) in [6, 6.07) is 15.6. The molecule has 0 saturated heterocycles. The van der Waals surface area contributed by atoms with Crippen molar-refractivity contribution in [3.05, 3.63) is 58.6 Å². The first kappa shape index (κ1) is 16.9. The first-order valence-corrected chi connectivity index (χ1v) is 8.43. The molecule has 0 radical (unpaired) electrons. The van der Waals surface area contributed by atoms with E-state index in [1.54, 1.807) is 11.8 Å². The van der Waals surface area contributed by atoms with Crippen LogP contribution in [0, 0.1) is 0 Å². The smallest absolute Gasteiger partial charge is 0.0406 e. The molecular weight excluding hydrogens is 314 g/mol. The maximum atomic E-state index is 5.81. The second-order valence-corrected chi connectivity index (χ2v) is 6.40. The first-order valence-electron chi connectivity index (χ1n) is 6.04. The van der Waals surface area contributed by atoms with E-state index < -0.39 is 0 Å². The highest BCUT2D eigenvalue weighted by Crippen LogP contribution is 2.29. The maximum absolute atomic E-state index is 5.81. The van der Waals surface area contributed by atoms with Crippen molar-refractivity contribution in [1.29, 1.82) is 0 Å². The molecule has 2 rings (SSSR count). The molecule has 0 N–H and O–H groups in total. The monoisotopic (exact) mass is 330 g/mol. The topological polar surface area (TPSA) is 0 Å². The fourth-order valence-electron chi connectivity index (χ4n) is 1.14. The highest BCUT2D eigenvalue weighted by Gasteiger charge is 1.97. The number of halogens is 2. The van der Waals surface area contributed by atoms with Gasteiger partial charge in [0.15, 0.2) is 0 Å². The summed E-state index contributed by atoms with van der Waals surface area (Å²) in [7, 11) is 2.66. The Balaban J connectivity index is 0.000000399. The molecule has 0 spiro atoms. The van der Waals surface area contributed by atoms with Crippen molar-refractivity contribution in [2.45, 2.75) is 23.1 Å². The predicted molar refractivity (Wildman–Crippen MR) is 91.9 cm³/mol. The van der Waals surface area contributed by atoms with E-state index >= 15 is 0 Å². The third-order valence-electron chi connectivity index (χ3n) is 2.15. The standard InChI is InChI=1S/C12H8Cl2S.C3H9P/c13-9-1-5-11(6-2-9)15-12-7-3-10(14)4-8-12;1-2-3-4/h1-8H;2-4H2,1H3. The second kappa shape index (κ2) is 9.66. The molecule has 2 aromatic carbocycles. The number of rotatable bonds is 3. The summed E-state index contributed by atoms with van der Waals surface area (Å²) in [5.74, 6) is 0. The molecule has 0 fully saturated rings. The second-order valence-electron chi connectivity index (χ2n) is 3.80. The molecule has 0 aromatic heterocycles. The van der Waals surface area contributed by atoms with Crippen LogP contribution in [0.1, 0.15) is 13.3 Å². The van der Waals surface area contributed by atoms with E-state index in [1.165, 1.54) is 22.4 Å². The van der Waals surface area contributed by atoms with E-state index in [0.717, 1.165) is 10.0 Å². The summed E-state index contributed by atoms with van der Waals surface area (Å²) in [4.78, 5) is 2.34. The van der Waals surface area contributed by atoms with E-state index in [0.29, 0.717) is 0 Å². The highest BCUT2D eigenvalue weighted by atomic mass is 35.5. The molecule has 0 bridgehead atoms. The lowest BCUT2D eigenvalue weighted by Gasteiger charge is -2.01. The predicted octanol–water partition coefficient (Wildman–Crippen LogP) is 6.42. The minimum Gasteiger partial charge on any atom is -0.138 e. The van der Waals surface area contributed by atoms with Crippen molar-refractivity contribution in [3.8, 4) is 0 Å². The minimum atomic E-state index is 0.760. The Morgan fingerprint density at radius 3 is 1.42 bits per heavy atom. The molecule has 0 aliphatic carbocycles. The van der Waals surface area contributed by atoms with Gasteiger partial charge in [0.05, 0.1) is 0 Å². The zero-order valence-corrected chi connectivity index (χ0v) is 14.3. The van der Waals surface area contributed by atoms with E-state index in [2.05, 4.69) is 16.2 Å². The summed E-state index contributed by atoms with van der Waals surface area (Å²) >= 11 is 13.3. The lowest BCUT2D eigenvalue weighted by Crippen LogP contribution is -1.73. The summed E-state index contributed by atoms with van der Waals surface area (Å²) in [6.45, 7) is 2.16. The van der Waals surface area contributed by atoms with Crippen LogP contribution in [0.3, 0.4) is 0 Å². The van der Waals surface area contributed by atoms with Gasteiger partial charge in [-0.3, -0.25) is 0 Å². The van der Waals surface area contributed by atoms with Gasteiger partial charge in [0.25, 0.3) is 0 Å². The molecule has 0 heterocycles. The molecule has 0 aliphatic rings. The van der Waals surface area contributed by atoms with Crippen molar-refractivity contribution in [3.63, 3.8) is 0 Å². The molecule has 102 valence electrons. The molecule has 0 amide bonds. The van der Waals surface area contributed by atoms with Gasteiger partial charge < -0.3 is 0 Å². The molecule has 2 aromatic rings. The SMILES string of the molecule is CCCP.Clc1ccc(Sc2ccc(Cl)cc2)cc1. The number of hydrogen-bond acceptors (Lipinski definition) is 1. The van der Waals surface area contributed by atoms with E-state index in [-0.39, 0.29) is 0 Å². The Morgan fingerprint density at radius 1 is 0.842 bits per heavy atom. The van der Waals surface area contributed by atoms with Gasteiger partial charge in [0.1, 0.15) is 0 Å². The zero-order chi connectivity index (χ0) is 14.1. The molecule has 19 heavy (non-hydrogen) atoms. The van der Waals surface area contributed by atoms with Gasteiger partial charge >= 0.3 is 0 Å². The van der Waals surface area contributed by atoms with Crippen LogP contribution in [0.5, 0.6) is 0 Å². The number of benzene rings is 2. The van der Waals surface area contributed by atoms with Crippen molar-refractivity contribution in [2.75, 3.05) is 6.16 Å². The first-order chi connectivity index (χ1) is 9.15. The maximum Gasteiger partial charge on any atom is 0.0406 e. The summed E-state index contributed by atoms with van der Waals surface area (Å²) < 4.78 is 0. The Kier molecular flexibility index (Phi) is 8.57. The Morgan fingerprint density at radius 2 is 1.16 bits per heavy atom. The third-order valence-corrected chi connectivity index (χ3v) is 4.25. The van der Waals surface area contributed by atoms with Crippen molar-refractivity contribution < 1.29 is 0 Å². The molecular formula is C15H17Cl2PS. The van der Waals surface area contributed by atoms with Gasteiger partial charge in [0, 0.05) is 19.8 Å². The van der Waals surface area contributed by atoms with Gasteiger partial charge in [0.2, 0.25) is 0 Å². The summed E-state index contributed by atoms with van der Waals surface area (Å²) in [5.41, 5.74) is 0. The molecule has 0 saturated carbocycles. The minimum absolute atomic E-state index is 0.760. The summed E-state index contributed by atoms with van der Waals surface area (Å²) in [5, 5.41) is 1.52. The van der Waals surface area contributed by atoms with Gasteiger partial charge in [-0.2, -0.15) is 0 Å². The largest absolute Gasteiger partial charge is 0.138 e. The van der Waals surface area contributed by atoms with Crippen LogP contribution in [-0.2, 0) is 0 Å². The average Bonchev–Trinajstić information content (AvgIpc) is 2.44. The fraction of sp³-hybridized carbons (Fsp3) is 0.200. The molecule has 0 aliphatic heterocycles. The van der Waals surface area contributed by atoms with Crippen LogP contribution >= 0.6 is 44.2 Å². The van der Waals surface area contributed by atoms with Crippen LogP contribution in [0.2, 0.25) is 10.0 Å². The Labute approximate surface area is 132 Å². The van der Waals surface area contributed by atoms with Crippen LogP contribution in [0.4, 0.5) is 0 Å². The van der Waals surface area contributed by atoms with E-state index in [4.69, 9.17) is 23.2 Å². The van der Waals surface area contributed by atoms with Crippen LogP contribution in [-0.4, -0.2) is 6.16 Å². The molecule has 0 nitrogen and oxygen atoms in total. The van der Waals surface area contributed by atoms with Gasteiger partial charge in [-0.1, -0.05) is 48.3 Å². The lowest BCUT2D eigenvalue weighted by atomic mass is 10.4. The van der Waals surface area contributed by atoms with Crippen LogP contribution in [0.25, 0.3) is 0 Å². The average molecular weight is 331 g/mol. The van der Waals surface area contributed by atoms with Gasteiger partial charge in [-0.05, 0) is 54.7 Å². The van der Waals surface area contributed by atoms with Crippen molar-refractivity contribution >= 4 is 44.2 Å². The quantitative estimate of drug-likeness (QED) is 0.585. The number of hydrogen-bond donors (Lipinski definition) is 0. The van der Waals surface area contributed by atoms with Crippen molar-refractivity contribution in [1.82, 2.24) is 0 Å². The van der Waals surface area contributed by atoms with Gasteiger partial charge in [-0.15, -0.1) is 9.24 Å². The molecule has 4 heteroatoms. The van der Waals surface area contributed by atoms with Crippen molar-refractivity contribution in [2.24, 2.45) is 0 Å².